The standard InChI is InChI=1S/C26H32N2O6/c1-16(29)13-21-26-19(14-22(30)34-26)24(31)27(15-17-9-7-8-12-20(17)33-2)23(26)25(32)28(21)18-10-5-3-4-6-11-18/h7-9,12,18-19,21,23H,3-6,10-11,13-15H2,1-2H3/t19-,21-,23-,26+/m0/s1. The first-order valence-corrected chi connectivity index (χ1v) is 12.3. The summed E-state index contributed by atoms with van der Waals surface area (Å²) < 4.78 is 11.5. The van der Waals surface area contributed by atoms with Crippen LogP contribution in [-0.4, -0.2) is 64.2 Å². The van der Waals surface area contributed by atoms with Gasteiger partial charge < -0.3 is 19.3 Å². The second-order valence-corrected chi connectivity index (χ2v) is 10.1. The Morgan fingerprint density at radius 3 is 2.47 bits per heavy atom. The van der Waals surface area contributed by atoms with Gasteiger partial charge in [-0.25, -0.2) is 0 Å². The highest BCUT2D eigenvalue weighted by Crippen LogP contribution is 2.55. The number of amides is 2. The summed E-state index contributed by atoms with van der Waals surface area (Å²) in [4.78, 5) is 56.2. The molecule has 1 aromatic carbocycles. The Kier molecular flexibility index (Phi) is 5.86. The number of ketones is 1. The van der Waals surface area contributed by atoms with Crippen LogP contribution in [0.25, 0.3) is 0 Å². The number of hydrogen-bond donors (Lipinski definition) is 0. The van der Waals surface area contributed by atoms with Gasteiger partial charge in [-0.3, -0.25) is 19.2 Å². The molecular weight excluding hydrogens is 436 g/mol. The van der Waals surface area contributed by atoms with Crippen LogP contribution in [0.1, 0.15) is 63.9 Å². The number of methoxy groups -OCH3 is 1. The molecule has 182 valence electrons. The molecule has 3 saturated heterocycles. The maximum absolute atomic E-state index is 14.1. The topological polar surface area (TPSA) is 93.2 Å². The van der Waals surface area contributed by atoms with E-state index in [1.807, 2.05) is 29.2 Å². The van der Waals surface area contributed by atoms with Crippen molar-refractivity contribution in [3.8, 4) is 5.75 Å². The molecular formula is C26H32N2O6. The molecule has 4 atom stereocenters. The van der Waals surface area contributed by atoms with Crippen molar-refractivity contribution >= 4 is 23.6 Å². The summed E-state index contributed by atoms with van der Waals surface area (Å²) in [6.45, 7) is 1.68. The fourth-order valence-corrected chi connectivity index (χ4v) is 6.74. The summed E-state index contributed by atoms with van der Waals surface area (Å²) in [6, 6.07) is 5.85. The quantitative estimate of drug-likeness (QED) is 0.471. The van der Waals surface area contributed by atoms with Crippen LogP contribution in [0.4, 0.5) is 0 Å². The molecule has 1 spiro atoms. The molecule has 0 N–H and O–H groups in total. The van der Waals surface area contributed by atoms with E-state index in [1.54, 1.807) is 12.0 Å². The molecule has 1 aromatic rings. The molecule has 34 heavy (non-hydrogen) atoms. The van der Waals surface area contributed by atoms with Gasteiger partial charge in [-0.15, -0.1) is 0 Å². The third kappa shape index (κ3) is 3.41. The van der Waals surface area contributed by atoms with Gasteiger partial charge in [-0.1, -0.05) is 43.9 Å². The van der Waals surface area contributed by atoms with Crippen LogP contribution in [0.5, 0.6) is 5.75 Å². The predicted molar refractivity (Wildman–Crippen MR) is 122 cm³/mol. The third-order valence-corrected chi connectivity index (χ3v) is 8.10. The third-order valence-electron chi connectivity index (χ3n) is 8.10. The molecule has 0 bridgehead atoms. The summed E-state index contributed by atoms with van der Waals surface area (Å²) in [5.74, 6) is -1.13. The first kappa shape index (κ1) is 22.9. The number of ether oxygens (including phenoxy) is 2. The van der Waals surface area contributed by atoms with Crippen LogP contribution in [0.15, 0.2) is 24.3 Å². The molecule has 8 nitrogen and oxygen atoms in total. The highest BCUT2D eigenvalue weighted by atomic mass is 16.6. The number of carbonyl (C=O) groups excluding carboxylic acids is 4. The maximum atomic E-state index is 14.1. The highest BCUT2D eigenvalue weighted by Gasteiger charge is 2.77. The summed E-state index contributed by atoms with van der Waals surface area (Å²) >= 11 is 0. The first-order chi connectivity index (χ1) is 16.4. The Hall–Kier alpha value is -2.90. The fraction of sp³-hybridized carbons (Fsp3) is 0.615. The summed E-state index contributed by atoms with van der Waals surface area (Å²) in [5, 5.41) is 0. The molecule has 1 aliphatic carbocycles. The second kappa shape index (κ2) is 8.71. The van der Waals surface area contributed by atoms with E-state index in [0.29, 0.717) is 5.75 Å². The molecule has 1 saturated carbocycles. The van der Waals surface area contributed by atoms with Crippen LogP contribution in [-0.2, 0) is 30.5 Å². The van der Waals surface area contributed by atoms with Gasteiger partial charge in [0.15, 0.2) is 11.6 Å². The summed E-state index contributed by atoms with van der Waals surface area (Å²) in [5.41, 5.74) is -0.533. The minimum absolute atomic E-state index is 0.0116. The molecule has 0 aromatic heterocycles. The van der Waals surface area contributed by atoms with Crippen molar-refractivity contribution in [2.24, 2.45) is 5.92 Å². The Labute approximate surface area is 199 Å². The van der Waals surface area contributed by atoms with Gasteiger partial charge in [0.2, 0.25) is 11.8 Å². The van der Waals surface area contributed by atoms with E-state index < -0.39 is 29.6 Å². The molecule has 4 fully saturated rings. The van der Waals surface area contributed by atoms with Gasteiger partial charge >= 0.3 is 5.97 Å². The molecule has 8 heteroatoms. The van der Waals surface area contributed by atoms with Crippen molar-refractivity contribution in [3.63, 3.8) is 0 Å². The normalized spacial score (nSPS) is 31.4. The maximum Gasteiger partial charge on any atom is 0.307 e. The van der Waals surface area contributed by atoms with Gasteiger partial charge in [0.1, 0.15) is 11.5 Å². The number of para-hydroxylation sites is 1. The molecule has 3 heterocycles. The SMILES string of the molecule is COc1ccccc1CN1C(=O)[C@@H]2CC(=O)O[C@]23[C@@H]1C(=O)N(C1CCCCCC1)[C@H]3CC(C)=O. The van der Waals surface area contributed by atoms with E-state index in [9.17, 15) is 19.2 Å². The summed E-state index contributed by atoms with van der Waals surface area (Å²) in [7, 11) is 1.57. The summed E-state index contributed by atoms with van der Waals surface area (Å²) in [6.07, 6.45) is 6.04. The average Bonchev–Trinajstić information content (AvgIpc) is 3.20. The van der Waals surface area contributed by atoms with E-state index >= 15 is 0 Å². The minimum Gasteiger partial charge on any atom is -0.496 e. The van der Waals surface area contributed by atoms with Crippen LogP contribution in [0, 0.1) is 5.92 Å². The molecule has 0 radical (unpaired) electrons. The number of nitrogens with zero attached hydrogens (tertiary/aromatic N) is 2. The van der Waals surface area contributed by atoms with Crippen LogP contribution < -0.4 is 4.74 Å². The number of rotatable bonds is 6. The number of likely N-dealkylation sites (tertiary alicyclic amines) is 2. The fourth-order valence-electron chi connectivity index (χ4n) is 6.74. The van der Waals surface area contributed by atoms with Gasteiger partial charge in [0.25, 0.3) is 0 Å². The number of Topliss-reactive ketones (excluding diaryl/α,β-unsaturated/α-hetero) is 1. The Morgan fingerprint density at radius 1 is 1.09 bits per heavy atom. The van der Waals surface area contributed by atoms with Crippen molar-refractivity contribution in [1.82, 2.24) is 9.80 Å². The lowest BCUT2D eigenvalue weighted by atomic mass is 9.79. The molecule has 4 aliphatic rings. The number of hydrogen-bond acceptors (Lipinski definition) is 6. The zero-order valence-corrected chi connectivity index (χ0v) is 19.8. The molecule has 5 rings (SSSR count). The molecule has 0 unspecified atom stereocenters. The lowest BCUT2D eigenvalue weighted by Crippen LogP contribution is -2.54. The lowest BCUT2D eigenvalue weighted by molar-refractivity contribution is -0.154. The lowest BCUT2D eigenvalue weighted by Gasteiger charge is -2.38. The van der Waals surface area contributed by atoms with Crippen molar-refractivity contribution in [3.05, 3.63) is 29.8 Å². The van der Waals surface area contributed by atoms with E-state index in [-0.39, 0.29) is 43.0 Å². The van der Waals surface area contributed by atoms with Crippen LogP contribution >= 0.6 is 0 Å². The van der Waals surface area contributed by atoms with Gasteiger partial charge in [-0.2, -0.15) is 0 Å². The van der Waals surface area contributed by atoms with Crippen molar-refractivity contribution in [2.45, 2.75) is 88.6 Å². The van der Waals surface area contributed by atoms with Gasteiger partial charge in [0, 0.05) is 18.0 Å². The minimum atomic E-state index is -1.31. The number of benzene rings is 1. The van der Waals surface area contributed by atoms with E-state index in [1.165, 1.54) is 6.92 Å². The largest absolute Gasteiger partial charge is 0.496 e. The number of esters is 1. The zero-order valence-electron chi connectivity index (χ0n) is 19.8. The number of carbonyl (C=O) groups is 4. The van der Waals surface area contributed by atoms with Crippen LogP contribution in [0.2, 0.25) is 0 Å². The Balaban J connectivity index is 1.59. The average molecular weight is 469 g/mol. The molecule has 2 amide bonds. The van der Waals surface area contributed by atoms with Crippen molar-refractivity contribution in [1.29, 1.82) is 0 Å². The Bertz CT molecular complexity index is 1020. The van der Waals surface area contributed by atoms with E-state index in [0.717, 1.165) is 44.1 Å². The van der Waals surface area contributed by atoms with Crippen molar-refractivity contribution < 1.29 is 28.7 Å². The van der Waals surface area contributed by atoms with Crippen molar-refractivity contribution in [2.75, 3.05) is 7.11 Å². The monoisotopic (exact) mass is 468 g/mol. The zero-order chi connectivity index (χ0) is 24.0. The second-order valence-electron chi connectivity index (χ2n) is 10.1. The first-order valence-electron chi connectivity index (χ1n) is 12.3. The predicted octanol–water partition coefficient (Wildman–Crippen LogP) is 2.62. The smallest absolute Gasteiger partial charge is 0.307 e. The van der Waals surface area contributed by atoms with E-state index in [2.05, 4.69) is 0 Å². The Morgan fingerprint density at radius 2 is 1.79 bits per heavy atom. The van der Waals surface area contributed by atoms with Gasteiger partial charge in [0.05, 0.1) is 32.0 Å². The van der Waals surface area contributed by atoms with Gasteiger partial charge in [-0.05, 0) is 25.8 Å². The van der Waals surface area contributed by atoms with E-state index in [4.69, 9.17) is 9.47 Å². The molecule has 3 aliphatic heterocycles. The highest BCUT2D eigenvalue weighted by molar-refractivity contribution is 6.02. The van der Waals surface area contributed by atoms with Crippen LogP contribution in [0.3, 0.4) is 0 Å².